The molecule has 2 heterocycles. The second-order valence-electron chi connectivity index (χ2n) is 7.90. The molecule has 0 bridgehead atoms. The lowest BCUT2D eigenvalue weighted by Crippen LogP contribution is -3.17. The standard InChI is InChI=1S/C23H26N2O2/c1-17-7-5-6-10-20(17)25-22(26)16-21(23(25)27)24-13-11-19(12-14-24)15-18-8-3-2-4-9-18/h2-10,19,21H,11-16H2,1H3/p+1/t21-/m1/s1. The molecular formula is C23H27N2O2+. The zero-order chi connectivity index (χ0) is 18.8. The van der Waals surface area contributed by atoms with E-state index in [4.69, 9.17) is 0 Å². The summed E-state index contributed by atoms with van der Waals surface area (Å²) >= 11 is 0. The zero-order valence-corrected chi connectivity index (χ0v) is 15.9. The summed E-state index contributed by atoms with van der Waals surface area (Å²) in [4.78, 5) is 28.3. The van der Waals surface area contributed by atoms with Crippen LogP contribution in [-0.2, 0) is 16.0 Å². The number of piperidine rings is 1. The van der Waals surface area contributed by atoms with E-state index >= 15 is 0 Å². The quantitative estimate of drug-likeness (QED) is 0.846. The number of aryl methyl sites for hydroxylation is 1. The molecule has 140 valence electrons. The van der Waals surface area contributed by atoms with Crippen LogP contribution < -0.4 is 9.80 Å². The third-order valence-corrected chi connectivity index (χ3v) is 6.11. The number of quaternary nitrogens is 1. The van der Waals surface area contributed by atoms with Gasteiger partial charge < -0.3 is 4.90 Å². The van der Waals surface area contributed by atoms with Gasteiger partial charge in [-0.25, -0.2) is 4.90 Å². The van der Waals surface area contributed by atoms with Crippen molar-refractivity contribution in [3.05, 3.63) is 65.7 Å². The van der Waals surface area contributed by atoms with Crippen molar-refractivity contribution in [1.82, 2.24) is 0 Å². The highest BCUT2D eigenvalue weighted by Crippen LogP contribution is 2.26. The summed E-state index contributed by atoms with van der Waals surface area (Å²) in [5.74, 6) is 0.597. The summed E-state index contributed by atoms with van der Waals surface area (Å²) in [6.07, 6.45) is 3.69. The number of hydrogen-bond donors (Lipinski definition) is 1. The first-order valence-electron chi connectivity index (χ1n) is 9.94. The highest BCUT2D eigenvalue weighted by molar-refractivity contribution is 6.22. The van der Waals surface area contributed by atoms with Gasteiger partial charge in [0.1, 0.15) is 0 Å². The molecule has 2 aliphatic rings. The van der Waals surface area contributed by atoms with Crippen LogP contribution in [0.25, 0.3) is 0 Å². The first-order valence-corrected chi connectivity index (χ1v) is 9.94. The molecule has 0 spiro atoms. The molecule has 0 radical (unpaired) electrons. The fourth-order valence-corrected chi connectivity index (χ4v) is 4.57. The Morgan fingerprint density at radius 2 is 1.63 bits per heavy atom. The van der Waals surface area contributed by atoms with E-state index in [1.807, 2.05) is 31.2 Å². The second kappa shape index (κ2) is 7.65. The van der Waals surface area contributed by atoms with Crippen LogP contribution in [0.2, 0.25) is 0 Å². The van der Waals surface area contributed by atoms with Crippen LogP contribution in [0.3, 0.4) is 0 Å². The van der Waals surface area contributed by atoms with Crippen LogP contribution in [0.5, 0.6) is 0 Å². The predicted octanol–water partition coefficient (Wildman–Crippen LogP) is 2.16. The monoisotopic (exact) mass is 363 g/mol. The maximum atomic E-state index is 13.0. The largest absolute Gasteiger partial charge is 0.324 e. The fourth-order valence-electron chi connectivity index (χ4n) is 4.57. The Labute approximate surface area is 160 Å². The molecule has 27 heavy (non-hydrogen) atoms. The first kappa shape index (κ1) is 17.9. The number of rotatable bonds is 4. The number of carbonyl (C=O) groups is 2. The van der Waals surface area contributed by atoms with Gasteiger partial charge in [-0.1, -0.05) is 48.5 Å². The molecule has 0 aromatic heterocycles. The Bertz CT molecular complexity index is 825. The molecule has 2 fully saturated rings. The average Bonchev–Trinajstić information content (AvgIpc) is 2.98. The summed E-state index contributed by atoms with van der Waals surface area (Å²) in [5, 5.41) is 0. The van der Waals surface area contributed by atoms with Crippen LogP contribution in [0, 0.1) is 12.8 Å². The van der Waals surface area contributed by atoms with Crippen molar-refractivity contribution in [3.63, 3.8) is 0 Å². The van der Waals surface area contributed by atoms with Gasteiger partial charge >= 0.3 is 0 Å². The number of hydrogen-bond acceptors (Lipinski definition) is 2. The number of nitrogens with zero attached hydrogens (tertiary/aromatic N) is 1. The number of imide groups is 1. The van der Waals surface area contributed by atoms with Crippen molar-refractivity contribution in [2.75, 3.05) is 18.0 Å². The second-order valence-corrected chi connectivity index (χ2v) is 7.90. The molecule has 0 unspecified atom stereocenters. The lowest BCUT2D eigenvalue weighted by atomic mass is 9.89. The normalized spacial score (nSPS) is 25.8. The summed E-state index contributed by atoms with van der Waals surface area (Å²) in [6, 6.07) is 18.1. The predicted molar refractivity (Wildman–Crippen MR) is 106 cm³/mol. The molecule has 1 atom stereocenters. The van der Waals surface area contributed by atoms with Crippen LogP contribution in [0.15, 0.2) is 54.6 Å². The van der Waals surface area contributed by atoms with Gasteiger partial charge in [0.15, 0.2) is 6.04 Å². The molecule has 2 saturated heterocycles. The molecule has 2 aromatic carbocycles. The van der Waals surface area contributed by atoms with Gasteiger partial charge in [0.05, 0.1) is 25.2 Å². The number of amides is 2. The van der Waals surface area contributed by atoms with Gasteiger partial charge in [0.25, 0.3) is 5.91 Å². The molecule has 2 amide bonds. The highest BCUT2D eigenvalue weighted by atomic mass is 16.2. The number of nitrogens with one attached hydrogen (secondary N) is 1. The summed E-state index contributed by atoms with van der Waals surface area (Å²) in [6.45, 7) is 3.90. The molecule has 4 nitrogen and oxygen atoms in total. The first-order chi connectivity index (χ1) is 13.1. The van der Waals surface area contributed by atoms with Gasteiger partial charge in [-0.3, -0.25) is 9.59 Å². The minimum Gasteiger partial charge on any atom is -0.324 e. The molecule has 1 N–H and O–H groups in total. The van der Waals surface area contributed by atoms with E-state index in [-0.39, 0.29) is 17.9 Å². The molecule has 2 aromatic rings. The average molecular weight is 363 g/mol. The Hall–Kier alpha value is -2.46. The van der Waals surface area contributed by atoms with Gasteiger partial charge in [-0.05, 0) is 49.3 Å². The maximum absolute atomic E-state index is 13.0. The summed E-state index contributed by atoms with van der Waals surface area (Å²) in [7, 11) is 0. The van der Waals surface area contributed by atoms with E-state index in [0.29, 0.717) is 12.3 Å². The van der Waals surface area contributed by atoms with E-state index in [0.717, 1.165) is 43.6 Å². The fraction of sp³-hybridized carbons (Fsp3) is 0.391. The van der Waals surface area contributed by atoms with Crippen molar-refractivity contribution in [1.29, 1.82) is 0 Å². The van der Waals surface area contributed by atoms with Crippen LogP contribution in [-0.4, -0.2) is 30.9 Å². The molecule has 4 heteroatoms. The molecule has 2 aliphatic heterocycles. The minimum absolute atomic E-state index is 0.0224. The third kappa shape index (κ3) is 3.67. The lowest BCUT2D eigenvalue weighted by Gasteiger charge is -2.32. The van der Waals surface area contributed by atoms with Crippen molar-refractivity contribution < 1.29 is 14.5 Å². The Kier molecular flexibility index (Phi) is 5.08. The van der Waals surface area contributed by atoms with E-state index in [2.05, 4.69) is 30.3 Å². The van der Waals surface area contributed by atoms with E-state index in [1.165, 1.54) is 15.4 Å². The van der Waals surface area contributed by atoms with E-state index in [9.17, 15) is 9.59 Å². The van der Waals surface area contributed by atoms with Crippen LogP contribution in [0.4, 0.5) is 5.69 Å². The van der Waals surface area contributed by atoms with Crippen LogP contribution in [0.1, 0.15) is 30.4 Å². The van der Waals surface area contributed by atoms with E-state index in [1.54, 1.807) is 0 Å². The maximum Gasteiger partial charge on any atom is 0.292 e. The van der Waals surface area contributed by atoms with Crippen molar-refractivity contribution in [2.24, 2.45) is 5.92 Å². The molecule has 0 aliphatic carbocycles. The Morgan fingerprint density at radius 1 is 0.963 bits per heavy atom. The topological polar surface area (TPSA) is 41.8 Å². The number of carbonyl (C=O) groups excluding carboxylic acids is 2. The van der Waals surface area contributed by atoms with Crippen LogP contribution >= 0.6 is 0 Å². The number of para-hydroxylation sites is 1. The third-order valence-electron chi connectivity index (χ3n) is 6.11. The highest BCUT2D eigenvalue weighted by Gasteiger charge is 2.46. The zero-order valence-electron chi connectivity index (χ0n) is 15.9. The molecule has 0 saturated carbocycles. The number of benzene rings is 2. The van der Waals surface area contributed by atoms with Gasteiger partial charge in [-0.15, -0.1) is 0 Å². The SMILES string of the molecule is Cc1ccccc1N1C(=O)C[C@@H]([NH+]2CCC(Cc3ccccc3)CC2)C1=O. The molecule has 4 rings (SSSR count). The number of likely N-dealkylation sites (tertiary alicyclic amines) is 1. The Balaban J connectivity index is 1.40. The van der Waals surface area contributed by atoms with Gasteiger partial charge in [0.2, 0.25) is 5.91 Å². The van der Waals surface area contributed by atoms with Gasteiger partial charge in [-0.2, -0.15) is 0 Å². The smallest absolute Gasteiger partial charge is 0.292 e. The van der Waals surface area contributed by atoms with Crippen molar-refractivity contribution in [3.8, 4) is 0 Å². The minimum atomic E-state index is -0.213. The summed E-state index contributed by atoms with van der Waals surface area (Å²) < 4.78 is 0. The van der Waals surface area contributed by atoms with Gasteiger partial charge in [0, 0.05) is 0 Å². The van der Waals surface area contributed by atoms with Crippen molar-refractivity contribution in [2.45, 2.75) is 38.6 Å². The molecular weight excluding hydrogens is 336 g/mol. The summed E-state index contributed by atoms with van der Waals surface area (Å²) in [5.41, 5.74) is 3.11. The van der Waals surface area contributed by atoms with Crippen molar-refractivity contribution >= 4 is 17.5 Å². The van der Waals surface area contributed by atoms with E-state index < -0.39 is 0 Å². The lowest BCUT2D eigenvalue weighted by molar-refractivity contribution is -0.920. The number of anilines is 1. The Morgan fingerprint density at radius 3 is 2.33 bits per heavy atom.